The standard InChI is InChI=1S/C9H17NO3Si/c1-10-6-5-9(7-10)8-14(11-2,12-3)13-4/h5-7H,8H2,1-4H3. The summed E-state index contributed by atoms with van der Waals surface area (Å²) in [4.78, 5) is 0. The monoisotopic (exact) mass is 215 g/mol. The molecule has 5 heteroatoms. The van der Waals surface area contributed by atoms with Gasteiger partial charge in [-0.1, -0.05) is 0 Å². The number of aromatic nitrogens is 1. The Labute approximate surface area is 85.8 Å². The van der Waals surface area contributed by atoms with Crippen molar-refractivity contribution in [3.63, 3.8) is 0 Å². The Balaban J connectivity index is 2.73. The number of nitrogens with zero attached hydrogens (tertiary/aromatic N) is 1. The van der Waals surface area contributed by atoms with Gasteiger partial charge in [0.15, 0.2) is 0 Å². The zero-order valence-electron chi connectivity index (χ0n) is 9.11. The van der Waals surface area contributed by atoms with Crippen LogP contribution in [0.1, 0.15) is 5.56 Å². The second-order valence-corrected chi connectivity index (χ2v) is 6.10. The van der Waals surface area contributed by atoms with E-state index < -0.39 is 8.80 Å². The average Bonchev–Trinajstić information content (AvgIpc) is 2.61. The third kappa shape index (κ3) is 2.45. The lowest BCUT2D eigenvalue weighted by atomic mass is 10.4. The second kappa shape index (κ2) is 4.74. The zero-order chi connectivity index (χ0) is 10.6. The van der Waals surface area contributed by atoms with Crippen molar-refractivity contribution in [3.8, 4) is 0 Å². The fraction of sp³-hybridized carbons (Fsp3) is 0.556. The Morgan fingerprint density at radius 2 is 1.79 bits per heavy atom. The highest BCUT2D eigenvalue weighted by molar-refractivity contribution is 6.60. The van der Waals surface area contributed by atoms with E-state index >= 15 is 0 Å². The van der Waals surface area contributed by atoms with Crippen molar-refractivity contribution in [2.24, 2.45) is 7.05 Å². The maximum atomic E-state index is 5.33. The molecule has 0 aromatic carbocycles. The molecule has 0 amide bonds. The molecule has 0 aliphatic carbocycles. The molecule has 14 heavy (non-hydrogen) atoms. The first kappa shape index (κ1) is 11.5. The minimum atomic E-state index is -2.46. The molecule has 0 spiro atoms. The normalized spacial score (nSPS) is 12.0. The van der Waals surface area contributed by atoms with E-state index in [0.29, 0.717) is 6.04 Å². The molecule has 0 unspecified atom stereocenters. The van der Waals surface area contributed by atoms with Crippen molar-refractivity contribution in [1.29, 1.82) is 0 Å². The fourth-order valence-corrected chi connectivity index (χ4v) is 3.02. The van der Waals surface area contributed by atoms with Crippen molar-refractivity contribution in [2.45, 2.75) is 6.04 Å². The summed E-state index contributed by atoms with van der Waals surface area (Å²) < 4.78 is 18.0. The van der Waals surface area contributed by atoms with Gasteiger partial charge in [0.1, 0.15) is 0 Å². The van der Waals surface area contributed by atoms with Gasteiger partial charge in [0.25, 0.3) is 0 Å². The molecule has 0 aliphatic rings. The van der Waals surface area contributed by atoms with Crippen molar-refractivity contribution < 1.29 is 13.3 Å². The summed E-state index contributed by atoms with van der Waals surface area (Å²) >= 11 is 0. The van der Waals surface area contributed by atoms with Gasteiger partial charge >= 0.3 is 8.80 Å². The molecule has 0 bridgehead atoms. The third-order valence-corrected chi connectivity index (χ3v) is 4.95. The Hall–Kier alpha value is -0.623. The van der Waals surface area contributed by atoms with Crippen molar-refractivity contribution in [3.05, 3.63) is 24.0 Å². The Bertz CT molecular complexity index is 275. The molecule has 0 N–H and O–H groups in total. The van der Waals surface area contributed by atoms with Gasteiger partial charge in [-0.2, -0.15) is 0 Å². The molecule has 1 aromatic rings. The fourth-order valence-electron chi connectivity index (χ4n) is 1.38. The van der Waals surface area contributed by atoms with E-state index in [4.69, 9.17) is 13.3 Å². The number of hydrogen-bond donors (Lipinski definition) is 0. The van der Waals surface area contributed by atoms with Crippen LogP contribution in [0, 0.1) is 0 Å². The van der Waals surface area contributed by atoms with Crippen molar-refractivity contribution in [2.75, 3.05) is 21.3 Å². The van der Waals surface area contributed by atoms with Gasteiger partial charge in [-0.15, -0.1) is 0 Å². The minimum absolute atomic E-state index is 0.706. The van der Waals surface area contributed by atoms with Gasteiger partial charge < -0.3 is 17.8 Å². The SMILES string of the molecule is CO[Si](Cc1ccn(C)c1)(OC)OC. The van der Waals surface area contributed by atoms with Gasteiger partial charge in [0.2, 0.25) is 0 Å². The van der Waals surface area contributed by atoms with Crippen LogP contribution in [0.25, 0.3) is 0 Å². The van der Waals surface area contributed by atoms with Crippen LogP contribution >= 0.6 is 0 Å². The van der Waals surface area contributed by atoms with Crippen molar-refractivity contribution in [1.82, 2.24) is 4.57 Å². The van der Waals surface area contributed by atoms with Gasteiger partial charge in [0.05, 0.1) is 0 Å². The lowest BCUT2D eigenvalue weighted by Gasteiger charge is -2.23. The van der Waals surface area contributed by atoms with Gasteiger partial charge in [-0.3, -0.25) is 0 Å². The summed E-state index contributed by atoms with van der Waals surface area (Å²) in [6.07, 6.45) is 4.04. The van der Waals surface area contributed by atoms with Crippen LogP contribution in [0.2, 0.25) is 0 Å². The first-order valence-corrected chi connectivity index (χ1v) is 6.35. The summed E-state index contributed by atoms with van der Waals surface area (Å²) in [5.74, 6) is 0. The lowest BCUT2D eigenvalue weighted by molar-refractivity contribution is 0.122. The van der Waals surface area contributed by atoms with Crippen LogP contribution in [0.4, 0.5) is 0 Å². The van der Waals surface area contributed by atoms with E-state index in [1.54, 1.807) is 21.3 Å². The maximum absolute atomic E-state index is 5.33. The first-order valence-electron chi connectivity index (χ1n) is 4.42. The molecule has 80 valence electrons. The van der Waals surface area contributed by atoms with Gasteiger partial charge in [0, 0.05) is 46.8 Å². The lowest BCUT2D eigenvalue weighted by Crippen LogP contribution is -2.45. The number of hydrogen-bond acceptors (Lipinski definition) is 3. The summed E-state index contributed by atoms with van der Waals surface area (Å²) in [6, 6.07) is 2.75. The molecule has 0 saturated carbocycles. The molecule has 0 radical (unpaired) electrons. The molecule has 0 aliphatic heterocycles. The summed E-state index contributed by atoms with van der Waals surface area (Å²) in [5.41, 5.74) is 1.17. The van der Waals surface area contributed by atoms with Crippen LogP contribution in [0.3, 0.4) is 0 Å². The highest BCUT2D eigenvalue weighted by Crippen LogP contribution is 2.14. The predicted octanol–water partition coefficient (Wildman–Crippen LogP) is 0.985. The summed E-state index contributed by atoms with van der Waals surface area (Å²) in [5, 5.41) is 0. The van der Waals surface area contributed by atoms with E-state index in [1.165, 1.54) is 5.56 Å². The van der Waals surface area contributed by atoms with Crippen LogP contribution in [-0.2, 0) is 26.4 Å². The number of rotatable bonds is 5. The molecular weight excluding hydrogens is 198 g/mol. The first-order chi connectivity index (χ1) is 6.65. The number of aryl methyl sites for hydroxylation is 1. The average molecular weight is 215 g/mol. The molecule has 0 fully saturated rings. The Morgan fingerprint density at radius 3 is 2.14 bits per heavy atom. The Morgan fingerprint density at radius 1 is 1.21 bits per heavy atom. The largest absolute Gasteiger partial charge is 0.504 e. The molecular formula is C9H17NO3Si. The van der Waals surface area contributed by atoms with Crippen molar-refractivity contribution >= 4 is 8.80 Å². The van der Waals surface area contributed by atoms with E-state index in [9.17, 15) is 0 Å². The van der Waals surface area contributed by atoms with E-state index in [1.807, 2.05) is 30.1 Å². The van der Waals surface area contributed by atoms with E-state index in [-0.39, 0.29) is 0 Å². The predicted molar refractivity (Wildman–Crippen MR) is 55.9 cm³/mol. The quantitative estimate of drug-likeness (QED) is 0.687. The van der Waals surface area contributed by atoms with Crippen LogP contribution < -0.4 is 0 Å². The maximum Gasteiger partial charge on any atom is 0.504 e. The molecule has 1 heterocycles. The van der Waals surface area contributed by atoms with Gasteiger partial charge in [-0.25, -0.2) is 0 Å². The van der Waals surface area contributed by atoms with E-state index in [0.717, 1.165) is 0 Å². The van der Waals surface area contributed by atoms with E-state index in [2.05, 4.69) is 0 Å². The highest BCUT2D eigenvalue weighted by atomic mass is 28.4. The molecule has 0 saturated heterocycles. The summed E-state index contributed by atoms with van der Waals surface area (Å²) in [6.45, 7) is 0. The molecule has 0 atom stereocenters. The smallest absolute Gasteiger partial charge is 0.377 e. The molecule has 1 aromatic heterocycles. The highest BCUT2D eigenvalue weighted by Gasteiger charge is 2.38. The third-order valence-electron chi connectivity index (χ3n) is 2.25. The minimum Gasteiger partial charge on any atom is -0.377 e. The Kier molecular flexibility index (Phi) is 3.88. The second-order valence-electron chi connectivity index (χ2n) is 3.16. The van der Waals surface area contributed by atoms with Crippen LogP contribution in [0.5, 0.6) is 0 Å². The topological polar surface area (TPSA) is 32.6 Å². The van der Waals surface area contributed by atoms with Gasteiger partial charge in [-0.05, 0) is 11.6 Å². The van der Waals surface area contributed by atoms with Crippen LogP contribution in [-0.4, -0.2) is 34.7 Å². The molecule has 1 rings (SSSR count). The van der Waals surface area contributed by atoms with Crippen LogP contribution in [0.15, 0.2) is 18.5 Å². The molecule has 4 nitrogen and oxygen atoms in total. The summed E-state index contributed by atoms with van der Waals surface area (Å²) in [7, 11) is 4.41. The zero-order valence-corrected chi connectivity index (χ0v) is 10.1.